The van der Waals surface area contributed by atoms with Crippen LogP contribution in [0.1, 0.15) is 11.5 Å². The molecule has 0 aliphatic carbocycles. The van der Waals surface area contributed by atoms with Crippen molar-refractivity contribution in [2.24, 2.45) is 0 Å². The van der Waals surface area contributed by atoms with Gasteiger partial charge in [-0.05, 0) is 26.0 Å². The molecule has 0 unspecified atom stereocenters. The highest BCUT2D eigenvalue weighted by atomic mass is 32.1. The van der Waals surface area contributed by atoms with Crippen LogP contribution >= 0.6 is 25.3 Å². The molecule has 0 N–H and O–H groups in total. The van der Waals surface area contributed by atoms with Crippen LogP contribution in [0.5, 0.6) is 0 Å². The number of hydrogen-bond donors (Lipinski definition) is 2. The minimum Gasteiger partial charge on any atom is -0.468 e. The highest BCUT2D eigenvalue weighted by molar-refractivity contribution is 7.80. The van der Waals surface area contributed by atoms with E-state index in [0.29, 0.717) is 0 Å². The number of furan rings is 2. The molecule has 0 saturated heterocycles. The second-order valence-electron chi connectivity index (χ2n) is 2.72. The molecule has 2 nitrogen and oxygen atoms in total. The van der Waals surface area contributed by atoms with Crippen molar-refractivity contribution in [2.75, 3.05) is 0 Å². The second-order valence-corrected chi connectivity index (χ2v) is 3.69. The molecule has 0 saturated carbocycles. The van der Waals surface area contributed by atoms with Gasteiger partial charge in [-0.25, -0.2) is 0 Å². The maximum absolute atomic E-state index is 4.89. The molecule has 0 aliphatic rings. The fourth-order valence-corrected chi connectivity index (χ4v) is 0.984. The maximum Gasteiger partial charge on any atom is 0.113 e. The van der Waals surface area contributed by atoms with E-state index in [1.54, 1.807) is 12.5 Å². The Labute approximate surface area is 94.1 Å². The molecule has 2 rings (SSSR count). The zero-order chi connectivity index (χ0) is 10.6. The van der Waals surface area contributed by atoms with Gasteiger partial charge >= 0.3 is 0 Å². The summed E-state index contributed by atoms with van der Waals surface area (Å²) in [5.74, 6) is 1.76. The standard InChI is InChI=1S/2C5H6OS/c2*1-4-5(7)2-3-6-4/h2*2-3,7H,1H3. The fraction of sp³-hybridized carbons (Fsp3) is 0.200. The first-order chi connectivity index (χ1) is 6.61. The third kappa shape index (κ3) is 3.20. The molecular weight excluding hydrogens is 216 g/mol. The summed E-state index contributed by atoms with van der Waals surface area (Å²) in [6.07, 6.45) is 3.25. The predicted octanol–water partition coefficient (Wildman–Crippen LogP) is 3.75. The Balaban J connectivity index is 0.000000140. The zero-order valence-corrected chi connectivity index (χ0v) is 9.81. The molecule has 0 spiro atoms. The van der Waals surface area contributed by atoms with Gasteiger partial charge in [0.2, 0.25) is 0 Å². The van der Waals surface area contributed by atoms with E-state index < -0.39 is 0 Å². The predicted molar refractivity (Wildman–Crippen MR) is 61.4 cm³/mol. The Morgan fingerprint density at radius 2 is 1.21 bits per heavy atom. The van der Waals surface area contributed by atoms with Crippen LogP contribution in [0, 0.1) is 13.8 Å². The third-order valence-electron chi connectivity index (χ3n) is 1.66. The van der Waals surface area contributed by atoms with Crippen molar-refractivity contribution in [2.45, 2.75) is 23.6 Å². The Morgan fingerprint density at radius 1 is 0.857 bits per heavy atom. The average molecular weight is 228 g/mol. The first-order valence-electron chi connectivity index (χ1n) is 4.07. The molecule has 2 heterocycles. The van der Waals surface area contributed by atoms with Gasteiger partial charge in [-0.15, -0.1) is 25.3 Å². The molecule has 2 aromatic heterocycles. The average Bonchev–Trinajstić information content (AvgIpc) is 2.67. The Bertz CT molecular complexity index is 319. The zero-order valence-electron chi connectivity index (χ0n) is 8.02. The Hall–Kier alpha value is -0.740. The van der Waals surface area contributed by atoms with Gasteiger partial charge in [-0.2, -0.15) is 0 Å². The molecular formula is C10H12O2S2. The summed E-state index contributed by atoms with van der Waals surface area (Å²) < 4.78 is 9.78. The van der Waals surface area contributed by atoms with Gasteiger partial charge in [0.05, 0.1) is 12.5 Å². The van der Waals surface area contributed by atoms with E-state index in [1.165, 1.54) is 0 Å². The van der Waals surface area contributed by atoms with Crippen LogP contribution in [0.25, 0.3) is 0 Å². The van der Waals surface area contributed by atoms with Gasteiger partial charge < -0.3 is 8.83 Å². The number of hydrogen-bond acceptors (Lipinski definition) is 4. The van der Waals surface area contributed by atoms with E-state index in [4.69, 9.17) is 8.83 Å². The summed E-state index contributed by atoms with van der Waals surface area (Å²) in [7, 11) is 0. The lowest BCUT2D eigenvalue weighted by molar-refractivity contribution is 0.526. The minimum atomic E-state index is 0.878. The lowest BCUT2D eigenvalue weighted by Crippen LogP contribution is -1.57. The molecule has 4 heteroatoms. The molecule has 0 radical (unpaired) electrons. The molecule has 76 valence electrons. The van der Waals surface area contributed by atoms with Gasteiger partial charge in [0.1, 0.15) is 11.5 Å². The molecule has 0 fully saturated rings. The fourth-order valence-electron chi connectivity index (χ4n) is 0.757. The smallest absolute Gasteiger partial charge is 0.113 e. The quantitative estimate of drug-likeness (QED) is 0.672. The van der Waals surface area contributed by atoms with E-state index in [1.807, 2.05) is 26.0 Å². The third-order valence-corrected chi connectivity index (χ3v) is 2.59. The molecule has 0 atom stereocenters. The molecule has 0 amide bonds. The summed E-state index contributed by atoms with van der Waals surface area (Å²) in [6, 6.07) is 3.64. The molecule has 0 aromatic carbocycles. The number of thiol groups is 2. The lowest BCUT2D eigenvalue weighted by atomic mass is 10.5. The van der Waals surface area contributed by atoms with Crippen LogP contribution in [0.3, 0.4) is 0 Å². The lowest BCUT2D eigenvalue weighted by Gasteiger charge is -1.78. The topological polar surface area (TPSA) is 26.3 Å². The Morgan fingerprint density at radius 3 is 1.29 bits per heavy atom. The summed E-state index contributed by atoms with van der Waals surface area (Å²) in [5, 5.41) is 0. The van der Waals surface area contributed by atoms with Crippen LogP contribution in [0.2, 0.25) is 0 Å². The van der Waals surface area contributed by atoms with E-state index in [0.717, 1.165) is 21.3 Å². The van der Waals surface area contributed by atoms with E-state index in [9.17, 15) is 0 Å². The van der Waals surface area contributed by atoms with Crippen molar-refractivity contribution in [3.63, 3.8) is 0 Å². The van der Waals surface area contributed by atoms with Crippen molar-refractivity contribution in [1.82, 2.24) is 0 Å². The van der Waals surface area contributed by atoms with Crippen LogP contribution in [0.15, 0.2) is 43.3 Å². The van der Waals surface area contributed by atoms with Gasteiger partial charge in [0.25, 0.3) is 0 Å². The van der Waals surface area contributed by atoms with Crippen LogP contribution < -0.4 is 0 Å². The first kappa shape index (κ1) is 11.3. The Kier molecular flexibility index (Phi) is 4.22. The monoisotopic (exact) mass is 228 g/mol. The molecule has 0 aliphatic heterocycles. The number of aryl methyl sites for hydroxylation is 2. The van der Waals surface area contributed by atoms with Gasteiger partial charge in [0.15, 0.2) is 0 Å². The largest absolute Gasteiger partial charge is 0.468 e. The maximum atomic E-state index is 4.89. The van der Waals surface area contributed by atoms with Crippen molar-refractivity contribution in [3.05, 3.63) is 36.2 Å². The molecule has 2 aromatic rings. The normalized spacial score (nSPS) is 9.43. The van der Waals surface area contributed by atoms with Crippen molar-refractivity contribution in [1.29, 1.82) is 0 Å². The van der Waals surface area contributed by atoms with E-state index in [-0.39, 0.29) is 0 Å². The summed E-state index contributed by atoms with van der Waals surface area (Å²) in [6.45, 7) is 3.75. The highest BCUT2D eigenvalue weighted by Gasteiger charge is 1.90. The van der Waals surface area contributed by atoms with Crippen molar-refractivity contribution in [3.8, 4) is 0 Å². The second kappa shape index (κ2) is 5.22. The van der Waals surface area contributed by atoms with Crippen LogP contribution in [-0.2, 0) is 0 Å². The summed E-state index contributed by atoms with van der Waals surface area (Å²) >= 11 is 8.11. The van der Waals surface area contributed by atoms with E-state index >= 15 is 0 Å². The van der Waals surface area contributed by atoms with Gasteiger partial charge in [-0.1, -0.05) is 0 Å². The van der Waals surface area contributed by atoms with Gasteiger partial charge in [0, 0.05) is 9.79 Å². The van der Waals surface area contributed by atoms with E-state index in [2.05, 4.69) is 25.3 Å². The van der Waals surface area contributed by atoms with Crippen molar-refractivity contribution >= 4 is 25.3 Å². The summed E-state index contributed by atoms with van der Waals surface area (Å²) in [4.78, 5) is 1.83. The SMILES string of the molecule is Cc1occc1S.Cc1occc1S. The van der Waals surface area contributed by atoms with Crippen molar-refractivity contribution < 1.29 is 8.83 Å². The van der Waals surface area contributed by atoms with Crippen LogP contribution in [-0.4, -0.2) is 0 Å². The summed E-state index contributed by atoms with van der Waals surface area (Å²) in [5.41, 5.74) is 0. The first-order valence-corrected chi connectivity index (χ1v) is 4.97. The minimum absolute atomic E-state index is 0.878. The molecule has 14 heavy (non-hydrogen) atoms. The molecule has 0 bridgehead atoms. The number of rotatable bonds is 0. The van der Waals surface area contributed by atoms with Crippen LogP contribution in [0.4, 0.5) is 0 Å². The highest BCUT2D eigenvalue weighted by Crippen LogP contribution is 2.12. The van der Waals surface area contributed by atoms with Gasteiger partial charge in [-0.3, -0.25) is 0 Å².